The second-order valence-electron chi connectivity index (χ2n) is 7.78. The van der Waals surface area contributed by atoms with Crippen LogP contribution >= 0.6 is 0 Å². The molecular formula is C22H33N4O3+. The summed E-state index contributed by atoms with van der Waals surface area (Å²) in [6.45, 7) is 4.37. The van der Waals surface area contributed by atoms with Crippen LogP contribution in [0.2, 0.25) is 0 Å². The number of hydrogen-bond acceptors (Lipinski definition) is 4. The van der Waals surface area contributed by atoms with E-state index in [4.69, 9.17) is 4.74 Å². The maximum Gasteiger partial charge on any atom is 0.321 e. The summed E-state index contributed by atoms with van der Waals surface area (Å²) in [4.78, 5) is 27.6. The number of anilines is 1. The zero-order valence-electron chi connectivity index (χ0n) is 17.3. The number of benzene rings is 1. The minimum atomic E-state index is -0.388. The van der Waals surface area contributed by atoms with Crippen molar-refractivity contribution in [3.05, 3.63) is 35.9 Å². The Morgan fingerprint density at radius 1 is 1.21 bits per heavy atom. The van der Waals surface area contributed by atoms with E-state index in [2.05, 4.69) is 27.7 Å². The number of piperazine rings is 1. The van der Waals surface area contributed by atoms with Crippen molar-refractivity contribution in [1.29, 1.82) is 0 Å². The highest BCUT2D eigenvalue weighted by atomic mass is 16.5. The zero-order chi connectivity index (χ0) is 20.5. The molecule has 3 N–H and O–H groups in total. The molecule has 0 aromatic heterocycles. The Labute approximate surface area is 173 Å². The van der Waals surface area contributed by atoms with Gasteiger partial charge in [0.05, 0.1) is 33.3 Å². The van der Waals surface area contributed by atoms with Crippen molar-refractivity contribution < 1.29 is 19.2 Å². The summed E-state index contributed by atoms with van der Waals surface area (Å²) in [7, 11) is 1.67. The molecule has 3 rings (SSSR count). The molecule has 0 saturated carbocycles. The summed E-state index contributed by atoms with van der Waals surface area (Å²) in [6, 6.07) is 7.65. The number of imide groups is 1. The first-order valence-corrected chi connectivity index (χ1v) is 10.6. The van der Waals surface area contributed by atoms with Crippen LogP contribution in [-0.2, 0) is 4.79 Å². The lowest BCUT2D eigenvalue weighted by Crippen LogP contribution is -3.16. The van der Waals surface area contributed by atoms with Crippen LogP contribution in [0.15, 0.2) is 35.9 Å². The quantitative estimate of drug-likeness (QED) is 0.599. The highest BCUT2D eigenvalue weighted by molar-refractivity contribution is 5.94. The van der Waals surface area contributed by atoms with Crippen molar-refractivity contribution >= 4 is 17.6 Å². The van der Waals surface area contributed by atoms with Gasteiger partial charge in [-0.3, -0.25) is 10.1 Å². The summed E-state index contributed by atoms with van der Waals surface area (Å²) < 4.78 is 5.29. The lowest BCUT2D eigenvalue weighted by atomic mass is 9.97. The SMILES string of the molecule is COc1cccc(N2CC[NH+](CC(=O)NC(=O)NCCC3=CCCCC3)CC2)c1. The molecule has 29 heavy (non-hydrogen) atoms. The molecule has 1 saturated heterocycles. The molecule has 1 aromatic rings. The van der Waals surface area contributed by atoms with Crippen molar-refractivity contribution in [3.63, 3.8) is 0 Å². The number of carbonyl (C=O) groups is 2. The molecule has 1 heterocycles. The van der Waals surface area contributed by atoms with E-state index < -0.39 is 0 Å². The van der Waals surface area contributed by atoms with Gasteiger partial charge in [0.2, 0.25) is 0 Å². The fraction of sp³-hybridized carbons (Fsp3) is 0.545. The molecule has 0 atom stereocenters. The molecule has 1 fully saturated rings. The number of amides is 3. The second kappa shape index (κ2) is 10.9. The van der Waals surface area contributed by atoms with Crippen LogP contribution in [0.4, 0.5) is 10.5 Å². The second-order valence-corrected chi connectivity index (χ2v) is 7.78. The Hall–Kier alpha value is -2.54. The Morgan fingerprint density at radius 2 is 2.03 bits per heavy atom. The molecule has 1 aliphatic heterocycles. The zero-order valence-corrected chi connectivity index (χ0v) is 17.3. The van der Waals surface area contributed by atoms with Crippen LogP contribution < -0.4 is 25.2 Å². The molecule has 7 heteroatoms. The summed E-state index contributed by atoms with van der Waals surface area (Å²) >= 11 is 0. The number of ether oxygens (including phenoxy) is 1. The minimum Gasteiger partial charge on any atom is -0.497 e. The van der Waals surface area contributed by atoms with Crippen molar-refractivity contribution in [3.8, 4) is 5.75 Å². The monoisotopic (exact) mass is 401 g/mol. The van der Waals surface area contributed by atoms with E-state index in [0.29, 0.717) is 13.1 Å². The van der Waals surface area contributed by atoms with Crippen molar-refractivity contribution in [1.82, 2.24) is 10.6 Å². The third kappa shape index (κ3) is 6.78. The van der Waals surface area contributed by atoms with E-state index in [1.54, 1.807) is 7.11 Å². The van der Waals surface area contributed by atoms with Gasteiger partial charge in [-0.1, -0.05) is 17.7 Å². The van der Waals surface area contributed by atoms with Gasteiger partial charge in [0, 0.05) is 18.3 Å². The number of nitrogens with zero attached hydrogens (tertiary/aromatic N) is 1. The number of methoxy groups -OCH3 is 1. The van der Waals surface area contributed by atoms with E-state index in [9.17, 15) is 9.59 Å². The van der Waals surface area contributed by atoms with Crippen LogP contribution in [0.5, 0.6) is 5.75 Å². The normalized spacial score (nSPS) is 17.4. The van der Waals surface area contributed by atoms with Crippen LogP contribution in [0.3, 0.4) is 0 Å². The van der Waals surface area contributed by atoms with Gasteiger partial charge in [-0.15, -0.1) is 0 Å². The maximum absolute atomic E-state index is 12.2. The largest absolute Gasteiger partial charge is 0.497 e. The topological polar surface area (TPSA) is 75.1 Å². The lowest BCUT2D eigenvalue weighted by molar-refractivity contribution is -0.892. The molecule has 158 valence electrons. The molecule has 0 radical (unpaired) electrons. The van der Waals surface area contributed by atoms with Crippen LogP contribution in [0.1, 0.15) is 32.1 Å². The molecule has 2 aliphatic rings. The Balaban J connectivity index is 1.33. The molecular weight excluding hydrogens is 368 g/mol. The summed E-state index contributed by atoms with van der Waals surface area (Å²) in [6.07, 6.45) is 7.94. The molecule has 3 amide bonds. The van der Waals surface area contributed by atoms with Crippen LogP contribution in [-0.4, -0.2) is 58.3 Å². The number of allylic oxidation sites excluding steroid dienone is 1. The molecule has 0 spiro atoms. The smallest absolute Gasteiger partial charge is 0.321 e. The number of hydrogen-bond donors (Lipinski definition) is 3. The van der Waals surface area contributed by atoms with E-state index in [1.807, 2.05) is 18.2 Å². The average Bonchev–Trinajstić information content (AvgIpc) is 2.75. The van der Waals surface area contributed by atoms with E-state index in [1.165, 1.54) is 23.3 Å². The highest BCUT2D eigenvalue weighted by Gasteiger charge is 2.23. The maximum atomic E-state index is 12.2. The predicted octanol–water partition coefficient (Wildman–Crippen LogP) is 1.12. The number of quaternary nitrogens is 1. The van der Waals surface area contributed by atoms with Crippen LogP contribution in [0, 0.1) is 0 Å². The number of urea groups is 1. The number of nitrogens with one attached hydrogen (secondary N) is 3. The standard InChI is InChI=1S/C22H32N4O3/c1-29-20-9-5-8-19(16-20)26-14-12-25(13-15-26)17-21(27)24-22(28)23-11-10-18-6-3-2-4-7-18/h5-6,8-9,16H,2-4,7,10-15,17H2,1H3,(H2,23,24,27,28)/p+1. The fourth-order valence-electron chi connectivity index (χ4n) is 3.98. The van der Waals surface area contributed by atoms with Gasteiger partial charge in [0.25, 0.3) is 5.91 Å². The Bertz CT molecular complexity index is 727. The van der Waals surface area contributed by atoms with E-state index >= 15 is 0 Å². The van der Waals surface area contributed by atoms with Crippen molar-refractivity contribution in [2.75, 3.05) is 51.3 Å². The third-order valence-corrected chi connectivity index (χ3v) is 5.67. The third-order valence-electron chi connectivity index (χ3n) is 5.67. The van der Waals surface area contributed by atoms with E-state index in [-0.39, 0.29) is 11.9 Å². The molecule has 7 nitrogen and oxygen atoms in total. The summed E-state index contributed by atoms with van der Waals surface area (Å²) in [5.41, 5.74) is 2.56. The van der Waals surface area contributed by atoms with Crippen molar-refractivity contribution in [2.24, 2.45) is 0 Å². The van der Waals surface area contributed by atoms with E-state index in [0.717, 1.165) is 56.9 Å². The van der Waals surface area contributed by atoms with Gasteiger partial charge >= 0.3 is 6.03 Å². The van der Waals surface area contributed by atoms with Gasteiger partial charge in [-0.2, -0.15) is 0 Å². The highest BCUT2D eigenvalue weighted by Crippen LogP contribution is 2.21. The molecule has 0 unspecified atom stereocenters. The minimum absolute atomic E-state index is 0.218. The molecule has 1 aliphatic carbocycles. The van der Waals surface area contributed by atoms with Crippen molar-refractivity contribution in [2.45, 2.75) is 32.1 Å². The Kier molecular flexibility index (Phi) is 7.93. The van der Waals surface area contributed by atoms with Gasteiger partial charge in [-0.05, 0) is 44.2 Å². The summed E-state index contributed by atoms with van der Waals surface area (Å²) in [5.74, 6) is 0.631. The number of rotatable bonds is 7. The lowest BCUT2D eigenvalue weighted by Gasteiger charge is -2.33. The van der Waals surface area contributed by atoms with Gasteiger partial charge in [0.15, 0.2) is 6.54 Å². The predicted molar refractivity (Wildman–Crippen MR) is 113 cm³/mol. The first-order chi connectivity index (χ1) is 14.1. The fourth-order valence-corrected chi connectivity index (χ4v) is 3.98. The Morgan fingerprint density at radius 3 is 2.76 bits per heavy atom. The van der Waals surface area contributed by atoms with Gasteiger partial charge < -0.3 is 19.9 Å². The van der Waals surface area contributed by atoms with Crippen LogP contribution in [0.25, 0.3) is 0 Å². The van der Waals surface area contributed by atoms with Gasteiger partial charge in [0.1, 0.15) is 5.75 Å². The first-order valence-electron chi connectivity index (χ1n) is 10.6. The molecule has 0 bridgehead atoms. The summed E-state index contributed by atoms with van der Waals surface area (Å²) in [5, 5.41) is 5.26. The van der Waals surface area contributed by atoms with Gasteiger partial charge in [-0.25, -0.2) is 4.79 Å². The average molecular weight is 402 g/mol. The number of carbonyl (C=O) groups excluding carboxylic acids is 2. The first kappa shape index (κ1) is 21.2. The molecule has 1 aromatic carbocycles.